The second-order valence-electron chi connectivity index (χ2n) is 7.89. The summed E-state index contributed by atoms with van der Waals surface area (Å²) in [5.41, 5.74) is 3.03. The van der Waals surface area contributed by atoms with Crippen molar-refractivity contribution in [2.75, 3.05) is 11.6 Å². The van der Waals surface area contributed by atoms with Gasteiger partial charge in [-0.1, -0.05) is 0 Å². The molecule has 0 fully saturated rings. The third-order valence-corrected chi connectivity index (χ3v) is 5.04. The second kappa shape index (κ2) is 6.15. The van der Waals surface area contributed by atoms with Crippen LogP contribution in [-0.2, 0) is 20.1 Å². The number of ether oxygens (including phenoxy) is 2. The van der Waals surface area contributed by atoms with Gasteiger partial charge in [-0.3, -0.25) is 9.69 Å². The van der Waals surface area contributed by atoms with E-state index in [1.54, 1.807) is 4.68 Å². The molecule has 0 aliphatic carbocycles. The quantitative estimate of drug-likeness (QED) is 0.819. The smallest absolute Gasteiger partial charge is 0.149 e. The number of nitrogens with zero attached hydrogens (tertiary/aromatic N) is 5. The molecule has 4 heterocycles. The van der Waals surface area contributed by atoms with E-state index in [0.29, 0.717) is 6.61 Å². The van der Waals surface area contributed by atoms with Gasteiger partial charge >= 0.3 is 0 Å². The number of aromatic nitrogens is 2. The first-order valence-corrected chi connectivity index (χ1v) is 9.42. The molecule has 7 heteroatoms. The highest BCUT2D eigenvalue weighted by atomic mass is 16.5. The number of hydrogen-bond acceptors (Lipinski definition) is 6. The molecule has 144 valence electrons. The lowest BCUT2D eigenvalue weighted by molar-refractivity contribution is 0.138. The Bertz CT molecular complexity index is 1020. The maximum absolute atomic E-state index is 6.23. The first-order chi connectivity index (χ1) is 13.5. The van der Waals surface area contributed by atoms with Crippen molar-refractivity contribution in [1.82, 2.24) is 14.8 Å². The largest absolute Gasteiger partial charge is 0.487 e. The van der Waals surface area contributed by atoms with Crippen LogP contribution in [0.3, 0.4) is 0 Å². The fourth-order valence-electron chi connectivity index (χ4n) is 3.84. The summed E-state index contributed by atoms with van der Waals surface area (Å²) >= 11 is 0. The number of aliphatic imine (C=N–C) groups is 1. The van der Waals surface area contributed by atoms with Crippen molar-refractivity contribution >= 4 is 11.9 Å². The molecular weight excluding hydrogens is 354 g/mol. The highest BCUT2D eigenvalue weighted by molar-refractivity contribution is 5.74. The standard InChI is InChI=1S/C21H23N5O2/c1-21(2)11-16-9-17(25-8-5-20-22-6-4-7-26(20)25)19(10-18(16)28-21)27-14-15-12-23-24(3)13-15/h4-7,9-10,12-13H,8,11,14H2,1-3H3. The van der Waals surface area contributed by atoms with Gasteiger partial charge in [0.1, 0.15) is 35.2 Å². The summed E-state index contributed by atoms with van der Waals surface area (Å²) in [6.45, 7) is 5.41. The number of rotatable bonds is 4. The molecule has 2 aromatic rings. The van der Waals surface area contributed by atoms with E-state index in [2.05, 4.69) is 46.1 Å². The molecule has 0 saturated heterocycles. The highest BCUT2D eigenvalue weighted by Crippen LogP contribution is 2.44. The number of anilines is 1. The zero-order valence-electron chi connectivity index (χ0n) is 16.3. The Labute approximate surface area is 164 Å². The zero-order valence-corrected chi connectivity index (χ0v) is 16.3. The van der Waals surface area contributed by atoms with E-state index in [-0.39, 0.29) is 5.60 Å². The van der Waals surface area contributed by atoms with Crippen LogP contribution in [0.15, 0.2) is 53.7 Å². The number of aryl methyl sites for hydroxylation is 1. The van der Waals surface area contributed by atoms with Gasteiger partial charge in [0.05, 0.1) is 12.7 Å². The molecule has 0 unspecified atom stereocenters. The summed E-state index contributed by atoms with van der Waals surface area (Å²) in [5.74, 6) is 2.62. The molecule has 7 nitrogen and oxygen atoms in total. The van der Waals surface area contributed by atoms with Gasteiger partial charge in [0.15, 0.2) is 0 Å². The predicted molar refractivity (Wildman–Crippen MR) is 107 cm³/mol. The van der Waals surface area contributed by atoms with Crippen LogP contribution in [0, 0.1) is 0 Å². The number of benzene rings is 1. The number of fused-ring (bicyclic) bond motifs is 2. The van der Waals surface area contributed by atoms with Crippen LogP contribution in [-0.4, -0.2) is 33.1 Å². The Balaban J connectivity index is 1.49. The van der Waals surface area contributed by atoms with E-state index < -0.39 is 0 Å². The van der Waals surface area contributed by atoms with Crippen molar-refractivity contribution in [3.63, 3.8) is 0 Å². The van der Waals surface area contributed by atoms with E-state index in [0.717, 1.165) is 41.5 Å². The van der Waals surface area contributed by atoms with Gasteiger partial charge in [0.25, 0.3) is 0 Å². The molecule has 28 heavy (non-hydrogen) atoms. The van der Waals surface area contributed by atoms with Crippen LogP contribution in [0.1, 0.15) is 25.0 Å². The van der Waals surface area contributed by atoms with Gasteiger partial charge in [-0.05, 0) is 32.1 Å². The molecule has 0 amide bonds. The van der Waals surface area contributed by atoms with E-state index in [4.69, 9.17) is 9.47 Å². The first kappa shape index (κ1) is 16.9. The lowest BCUT2D eigenvalue weighted by atomic mass is 10.0. The van der Waals surface area contributed by atoms with Crippen LogP contribution < -0.4 is 14.5 Å². The molecule has 0 radical (unpaired) electrons. The Morgan fingerprint density at radius 1 is 1.29 bits per heavy atom. The SMILES string of the molecule is Cn1cc(COc2cc3c(cc2N2CC=C4N=CC=CN42)CC(C)(C)O3)cn1. The summed E-state index contributed by atoms with van der Waals surface area (Å²) in [5, 5.41) is 8.45. The van der Waals surface area contributed by atoms with Gasteiger partial charge in [-0.15, -0.1) is 0 Å². The Kier molecular flexibility index (Phi) is 3.72. The molecule has 0 N–H and O–H groups in total. The van der Waals surface area contributed by atoms with Crippen LogP contribution in [0.5, 0.6) is 11.5 Å². The first-order valence-electron chi connectivity index (χ1n) is 9.42. The summed E-state index contributed by atoms with van der Waals surface area (Å²) < 4.78 is 14.1. The summed E-state index contributed by atoms with van der Waals surface area (Å²) in [6.07, 6.45) is 12.5. The fraction of sp³-hybridized carbons (Fsp3) is 0.333. The molecule has 1 aromatic carbocycles. The molecule has 3 aliphatic rings. The van der Waals surface area contributed by atoms with Crippen molar-refractivity contribution in [3.05, 3.63) is 59.8 Å². The average Bonchev–Trinajstić information content (AvgIpc) is 3.34. The van der Waals surface area contributed by atoms with Crippen LogP contribution >= 0.6 is 0 Å². The van der Waals surface area contributed by atoms with Crippen molar-refractivity contribution in [2.45, 2.75) is 32.5 Å². The van der Waals surface area contributed by atoms with Crippen molar-refractivity contribution in [3.8, 4) is 11.5 Å². The summed E-state index contributed by atoms with van der Waals surface area (Å²) in [6, 6.07) is 4.20. The highest BCUT2D eigenvalue weighted by Gasteiger charge is 2.34. The topological polar surface area (TPSA) is 55.1 Å². The number of hydrazine groups is 1. The third-order valence-electron chi connectivity index (χ3n) is 5.04. The number of hydrogen-bond donors (Lipinski definition) is 0. The molecule has 0 bridgehead atoms. The Hall–Kier alpha value is -3.22. The molecule has 3 aliphatic heterocycles. The Morgan fingerprint density at radius 2 is 2.18 bits per heavy atom. The number of allylic oxidation sites excluding steroid dienone is 1. The summed E-state index contributed by atoms with van der Waals surface area (Å²) in [4.78, 5) is 4.45. The van der Waals surface area contributed by atoms with Crippen LogP contribution in [0.2, 0.25) is 0 Å². The van der Waals surface area contributed by atoms with Crippen molar-refractivity contribution < 1.29 is 9.47 Å². The molecule has 1 aromatic heterocycles. The Morgan fingerprint density at radius 3 is 3.00 bits per heavy atom. The molecule has 5 rings (SSSR count). The van der Waals surface area contributed by atoms with Gasteiger partial charge < -0.3 is 9.47 Å². The minimum atomic E-state index is -0.203. The molecular formula is C21H23N5O2. The molecule has 0 saturated carbocycles. The van der Waals surface area contributed by atoms with Crippen molar-refractivity contribution in [2.24, 2.45) is 12.0 Å². The van der Waals surface area contributed by atoms with Gasteiger partial charge in [-0.25, -0.2) is 10.0 Å². The molecule has 0 spiro atoms. The minimum Gasteiger partial charge on any atom is -0.487 e. The maximum atomic E-state index is 6.23. The lowest BCUT2D eigenvalue weighted by Gasteiger charge is -2.32. The maximum Gasteiger partial charge on any atom is 0.149 e. The van der Waals surface area contributed by atoms with Gasteiger partial charge in [0, 0.05) is 49.3 Å². The monoisotopic (exact) mass is 377 g/mol. The van der Waals surface area contributed by atoms with E-state index in [1.165, 1.54) is 5.56 Å². The second-order valence-corrected chi connectivity index (χ2v) is 7.89. The van der Waals surface area contributed by atoms with Crippen LogP contribution in [0.25, 0.3) is 0 Å². The molecule has 0 atom stereocenters. The predicted octanol–water partition coefficient (Wildman–Crippen LogP) is 3.19. The lowest BCUT2D eigenvalue weighted by Crippen LogP contribution is -2.34. The van der Waals surface area contributed by atoms with Crippen LogP contribution in [0.4, 0.5) is 5.69 Å². The zero-order chi connectivity index (χ0) is 19.3. The van der Waals surface area contributed by atoms with E-state index >= 15 is 0 Å². The minimum absolute atomic E-state index is 0.203. The van der Waals surface area contributed by atoms with E-state index in [9.17, 15) is 0 Å². The normalized spacial score (nSPS) is 18.8. The summed E-state index contributed by atoms with van der Waals surface area (Å²) in [7, 11) is 1.90. The van der Waals surface area contributed by atoms with Gasteiger partial charge in [0.2, 0.25) is 0 Å². The van der Waals surface area contributed by atoms with Crippen molar-refractivity contribution in [1.29, 1.82) is 0 Å². The van der Waals surface area contributed by atoms with Gasteiger partial charge in [-0.2, -0.15) is 5.10 Å². The fourth-order valence-corrected chi connectivity index (χ4v) is 3.84. The third kappa shape index (κ3) is 2.93. The van der Waals surface area contributed by atoms with E-state index in [1.807, 2.05) is 44.0 Å². The average molecular weight is 377 g/mol.